The van der Waals surface area contributed by atoms with Crippen LogP contribution in [-0.4, -0.2) is 22.0 Å². The van der Waals surface area contributed by atoms with E-state index in [0.717, 1.165) is 37.8 Å². The molecule has 1 N–H and O–H groups in total. The molecule has 1 aromatic heterocycles. The van der Waals surface area contributed by atoms with Gasteiger partial charge in [-0.15, -0.1) is 0 Å². The quantitative estimate of drug-likeness (QED) is 0.834. The molecule has 4 nitrogen and oxygen atoms in total. The van der Waals surface area contributed by atoms with Crippen molar-refractivity contribution in [2.75, 3.05) is 6.54 Å². The molecule has 0 spiro atoms. The highest BCUT2D eigenvalue weighted by atomic mass is 19.1. The number of hydrogen-bond acceptors (Lipinski definition) is 2. The van der Waals surface area contributed by atoms with Gasteiger partial charge in [-0.2, -0.15) is 0 Å². The standard InChI is InChI=1S/C17H20FN3O/c18-15-5-1-4-14(12-15)17(6-2-7-17)16(22)20-8-3-10-21-11-9-19-13-21/h1,4-5,9,11-13H,2-3,6-8,10H2,(H,20,22). The van der Waals surface area contributed by atoms with Gasteiger partial charge in [0.2, 0.25) is 5.91 Å². The molecule has 1 aliphatic rings. The van der Waals surface area contributed by atoms with E-state index in [9.17, 15) is 9.18 Å². The third-order valence-corrected chi connectivity index (χ3v) is 4.46. The largest absolute Gasteiger partial charge is 0.355 e. The Morgan fingerprint density at radius 3 is 2.91 bits per heavy atom. The van der Waals surface area contributed by atoms with Gasteiger partial charge >= 0.3 is 0 Å². The van der Waals surface area contributed by atoms with Gasteiger partial charge in [-0.3, -0.25) is 4.79 Å². The minimum Gasteiger partial charge on any atom is -0.355 e. The van der Waals surface area contributed by atoms with Crippen molar-refractivity contribution in [1.82, 2.24) is 14.9 Å². The number of benzene rings is 1. The molecule has 5 heteroatoms. The van der Waals surface area contributed by atoms with Gasteiger partial charge in [0, 0.05) is 25.5 Å². The number of amides is 1. The number of halogens is 1. The maximum absolute atomic E-state index is 13.4. The Hall–Kier alpha value is -2.17. The average molecular weight is 301 g/mol. The molecule has 116 valence electrons. The number of aromatic nitrogens is 2. The van der Waals surface area contributed by atoms with Gasteiger partial charge in [0.15, 0.2) is 0 Å². The van der Waals surface area contributed by atoms with Crippen LogP contribution in [0.15, 0.2) is 43.0 Å². The Bertz CT molecular complexity index is 635. The highest BCUT2D eigenvalue weighted by Gasteiger charge is 2.45. The molecule has 0 radical (unpaired) electrons. The molecular formula is C17H20FN3O. The Labute approximate surface area is 129 Å². The highest BCUT2D eigenvalue weighted by Crippen LogP contribution is 2.44. The molecule has 1 heterocycles. The first-order chi connectivity index (χ1) is 10.7. The Balaban J connectivity index is 1.57. The predicted octanol–water partition coefficient (Wildman–Crippen LogP) is 2.65. The second-order valence-electron chi connectivity index (χ2n) is 5.86. The molecule has 1 aromatic carbocycles. The molecule has 1 saturated carbocycles. The summed E-state index contributed by atoms with van der Waals surface area (Å²) in [5.74, 6) is -0.258. The number of imidazole rings is 1. The number of carbonyl (C=O) groups excluding carboxylic acids is 1. The zero-order valence-corrected chi connectivity index (χ0v) is 12.5. The van der Waals surface area contributed by atoms with Gasteiger partial charge < -0.3 is 9.88 Å². The molecule has 0 unspecified atom stereocenters. The van der Waals surface area contributed by atoms with Gasteiger partial charge in [-0.05, 0) is 37.0 Å². The van der Waals surface area contributed by atoms with E-state index in [1.54, 1.807) is 18.6 Å². The van der Waals surface area contributed by atoms with Crippen LogP contribution >= 0.6 is 0 Å². The van der Waals surface area contributed by atoms with E-state index in [1.807, 2.05) is 16.8 Å². The number of aryl methyl sites for hydroxylation is 1. The first-order valence-corrected chi connectivity index (χ1v) is 7.71. The lowest BCUT2D eigenvalue weighted by Crippen LogP contribution is -2.49. The van der Waals surface area contributed by atoms with E-state index in [-0.39, 0.29) is 11.7 Å². The normalized spacial score (nSPS) is 16.0. The molecule has 1 fully saturated rings. The van der Waals surface area contributed by atoms with Crippen LogP contribution in [0.3, 0.4) is 0 Å². The van der Waals surface area contributed by atoms with E-state index >= 15 is 0 Å². The van der Waals surface area contributed by atoms with Crippen LogP contribution < -0.4 is 5.32 Å². The molecule has 2 aromatic rings. The summed E-state index contributed by atoms with van der Waals surface area (Å²) in [6.07, 6.45) is 8.86. The van der Waals surface area contributed by atoms with E-state index < -0.39 is 5.41 Å². The van der Waals surface area contributed by atoms with Crippen LogP contribution in [0.1, 0.15) is 31.2 Å². The number of carbonyl (C=O) groups is 1. The zero-order valence-electron chi connectivity index (χ0n) is 12.5. The molecule has 1 amide bonds. The lowest BCUT2D eigenvalue weighted by Gasteiger charge is -2.40. The van der Waals surface area contributed by atoms with Crippen molar-refractivity contribution < 1.29 is 9.18 Å². The van der Waals surface area contributed by atoms with Crippen molar-refractivity contribution in [3.05, 3.63) is 54.4 Å². The lowest BCUT2D eigenvalue weighted by atomic mass is 9.64. The fraction of sp³-hybridized carbons (Fsp3) is 0.412. The van der Waals surface area contributed by atoms with Crippen LogP contribution in [0.2, 0.25) is 0 Å². The third kappa shape index (κ3) is 2.89. The van der Waals surface area contributed by atoms with E-state index in [1.165, 1.54) is 12.1 Å². The van der Waals surface area contributed by atoms with Gasteiger partial charge in [0.05, 0.1) is 11.7 Å². The molecular weight excluding hydrogens is 281 g/mol. The molecule has 0 bridgehead atoms. The van der Waals surface area contributed by atoms with Gasteiger partial charge in [0.1, 0.15) is 5.82 Å². The Morgan fingerprint density at radius 2 is 2.27 bits per heavy atom. The topological polar surface area (TPSA) is 46.9 Å². The number of rotatable bonds is 6. The van der Waals surface area contributed by atoms with E-state index in [0.29, 0.717) is 6.54 Å². The van der Waals surface area contributed by atoms with Gasteiger partial charge in [0.25, 0.3) is 0 Å². The second-order valence-corrected chi connectivity index (χ2v) is 5.86. The minimum absolute atomic E-state index is 0.0231. The maximum atomic E-state index is 13.4. The fourth-order valence-electron chi connectivity index (χ4n) is 3.02. The van der Waals surface area contributed by atoms with Crippen molar-refractivity contribution in [3.63, 3.8) is 0 Å². The van der Waals surface area contributed by atoms with Crippen LogP contribution in [0.25, 0.3) is 0 Å². The monoisotopic (exact) mass is 301 g/mol. The third-order valence-electron chi connectivity index (χ3n) is 4.46. The van der Waals surface area contributed by atoms with Crippen LogP contribution in [0.4, 0.5) is 4.39 Å². The zero-order chi connectivity index (χ0) is 15.4. The summed E-state index contributed by atoms with van der Waals surface area (Å²) in [7, 11) is 0. The smallest absolute Gasteiger partial charge is 0.230 e. The van der Waals surface area contributed by atoms with Crippen LogP contribution in [-0.2, 0) is 16.8 Å². The summed E-state index contributed by atoms with van der Waals surface area (Å²) in [5, 5.41) is 3.01. The van der Waals surface area contributed by atoms with Crippen molar-refractivity contribution >= 4 is 5.91 Å². The van der Waals surface area contributed by atoms with Crippen LogP contribution in [0.5, 0.6) is 0 Å². The number of nitrogens with one attached hydrogen (secondary N) is 1. The summed E-state index contributed by atoms with van der Waals surface area (Å²) in [5.41, 5.74) is 0.266. The molecule has 0 saturated heterocycles. The average Bonchev–Trinajstić information content (AvgIpc) is 2.96. The Morgan fingerprint density at radius 1 is 1.41 bits per heavy atom. The molecule has 22 heavy (non-hydrogen) atoms. The van der Waals surface area contributed by atoms with Gasteiger partial charge in [-0.1, -0.05) is 18.6 Å². The Kier molecular flexibility index (Phi) is 4.22. The SMILES string of the molecule is O=C(NCCCn1ccnc1)C1(c2cccc(F)c2)CCC1. The molecule has 3 rings (SSSR count). The van der Waals surface area contributed by atoms with Crippen molar-refractivity contribution in [2.24, 2.45) is 0 Å². The fourth-order valence-corrected chi connectivity index (χ4v) is 3.02. The van der Waals surface area contributed by atoms with Crippen molar-refractivity contribution in [1.29, 1.82) is 0 Å². The van der Waals surface area contributed by atoms with E-state index in [2.05, 4.69) is 10.3 Å². The summed E-state index contributed by atoms with van der Waals surface area (Å²) in [6, 6.07) is 6.44. The molecule has 0 aliphatic heterocycles. The van der Waals surface area contributed by atoms with Crippen molar-refractivity contribution in [3.8, 4) is 0 Å². The van der Waals surface area contributed by atoms with E-state index in [4.69, 9.17) is 0 Å². The minimum atomic E-state index is -0.531. The summed E-state index contributed by atoms with van der Waals surface area (Å²) in [6.45, 7) is 1.45. The maximum Gasteiger partial charge on any atom is 0.230 e. The highest BCUT2D eigenvalue weighted by molar-refractivity contribution is 5.89. The first-order valence-electron chi connectivity index (χ1n) is 7.71. The lowest BCUT2D eigenvalue weighted by molar-refractivity contribution is -0.129. The van der Waals surface area contributed by atoms with Gasteiger partial charge in [-0.25, -0.2) is 9.37 Å². The predicted molar refractivity (Wildman–Crippen MR) is 81.8 cm³/mol. The summed E-state index contributed by atoms with van der Waals surface area (Å²) in [4.78, 5) is 16.6. The van der Waals surface area contributed by atoms with Crippen LogP contribution in [0, 0.1) is 5.82 Å². The molecule has 1 aliphatic carbocycles. The first kappa shape index (κ1) is 14.8. The number of hydrogen-bond donors (Lipinski definition) is 1. The number of nitrogens with zero attached hydrogens (tertiary/aromatic N) is 2. The summed E-state index contributed by atoms with van der Waals surface area (Å²) >= 11 is 0. The second kappa shape index (κ2) is 6.30. The van der Waals surface area contributed by atoms with Crippen molar-refractivity contribution in [2.45, 2.75) is 37.6 Å². The summed E-state index contributed by atoms with van der Waals surface area (Å²) < 4.78 is 15.4. The molecule has 0 atom stereocenters.